The van der Waals surface area contributed by atoms with E-state index in [1.54, 1.807) is 18.2 Å². The first-order valence-electron chi connectivity index (χ1n) is 12.3. The molecule has 8 nitrogen and oxygen atoms in total. The van der Waals surface area contributed by atoms with Crippen molar-refractivity contribution >= 4 is 17.6 Å². The summed E-state index contributed by atoms with van der Waals surface area (Å²) in [7, 11) is 0. The molecule has 1 aromatic heterocycles. The molecular formula is C28H34N6O2. The number of nitrogens with one attached hydrogen (secondary N) is 2. The molecule has 2 aromatic carbocycles. The summed E-state index contributed by atoms with van der Waals surface area (Å²) in [6.45, 7) is 10.1. The molecule has 1 fully saturated rings. The number of rotatable bonds is 6. The van der Waals surface area contributed by atoms with Crippen LogP contribution in [0.4, 0.5) is 5.82 Å². The van der Waals surface area contributed by atoms with E-state index in [-0.39, 0.29) is 40.9 Å². The number of benzene rings is 2. The van der Waals surface area contributed by atoms with Gasteiger partial charge in [0.2, 0.25) is 0 Å². The van der Waals surface area contributed by atoms with Crippen molar-refractivity contribution in [1.29, 1.82) is 0 Å². The number of nitrogens with two attached hydrogens (primary N) is 1. The lowest BCUT2D eigenvalue weighted by Gasteiger charge is -2.31. The molecule has 3 aromatic rings. The first-order chi connectivity index (χ1) is 17.1. The smallest absolute Gasteiger partial charge is 0.274 e. The van der Waals surface area contributed by atoms with E-state index >= 15 is 0 Å². The number of nitrogens with zero attached hydrogens (tertiary/aromatic N) is 3. The fourth-order valence-corrected chi connectivity index (χ4v) is 4.37. The predicted octanol–water partition coefficient (Wildman–Crippen LogP) is 3.82. The molecule has 8 heteroatoms. The molecule has 4 N–H and O–H groups in total. The average Bonchev–Trinajstić information content (AvgIpc) is 3.34. The molecule has 0 unspecified atom stereocenters. The molecule has 0 bridgehead atoms. The van der Waals surface area contributed by atoms with E-state index in [2.05, 4.69) is 46.3 Å². The Hall–Kier alpha value is -3.78. The Bertz CT molecular complexity index is 1240. The summed E-state index contributed by atoms with van der Waals surface area (Å²) < 4.78 is 0. The maximum absolute atomic E-state index is 13.0. The molecule has 0 radical (unpaired) electrons. The maximum Gasteiger partial charge on any atom is 0.274 e. The van der Waals surface area contributed by atoms with Crippen LogP contribution in [0, 0.1) is 0 Å². The minimum atomic E-state index is -0.340. The quantitative estimate of drug-likeness (QED) is 0.488. The van der Waals surface area contributed by atoms with Crippen LogP contribution in [-0.2, 0) is 0 Å². The minimum absolute atomic E-state index is 0.0280. The Kier molecular flexibility index (Phi) is 7.35. The van der Waals surface area contributed by atoms with Crippen LogP contribution in [-0.4, -0.2) is 51.4 Å². The molecule has 36 heavy (non-hydrogen) atoms. The normalized spacial score (nSPS) is 16.9. The Labute approximate surface area is 212 Å². The van der Waals surface area contributed by atoms with Gasteiger partial charge in [0.25, 0.3) is 11.8 Å². The highest BCUT2D eigenvalue weighted by atomic mass is 16.2. The highest BCUT2D eigenvalue weighted by Crippen LogP contribution is 2.23. The Morgan fingerprint density at radius 1 is 1.08 bits per heavy atom. The van der Waals surface area contributed by atoms with Gasteiger partial charge in [-0.25, -0.2) is 9.97 Å². The molecule has 0 saturated carbocycles. The summed E-state index contributed by atoms with van der Waals surface area (Å²) >= 11 is 0. The molecule has 2 atom stereocenters. The van der Waals surface area contributed by atoms with Gasteiger partial charge in [0, 0.05) is 35.8 Å². The molecule has 2 amide bonds. The van der Waals surface area contributed by atoms with Gasteiger partial charge in [-0.1, -0.05) is 42.5 Å². The lowest BCUT2D eigenvalue weighted by atomic mass is 10.1. The lowest BCUT2D eigenvalue weighted by molar-refractivity contribution is 0.0923. The first kappa shape index (κ1) is 25.3. The van der Waals surface area contributed by atoms with Crippen LogP contribution in [0.3, 0.4) is 0 Å². The summed E-state index contributed by atoms with van der Waals surface area (Å²) in [5.74, 6) is -0.458. The van der Waals surface area contributed by atoms with Crippen molar-refractivity contribution in [3.8, 4) is 11.3 Å². The van der Waals surface area contributed by atoms with Crippen LogP contribution < -0.4 is 16.4 Å². The second-order valence-corrected chi connectivity index (χ2v) is 10.3. The van der Waals surface area contributed by atoms with Crippen LogP contribution in [0.1, 0.15) is 66.6 Å². The summed E-state index contributed by atoms with van der Waals surface area (Å²) in [6, 6.07) is 16.8. The SMILES string of the molecule is C[C@H](NC(=O)c1cccc(-c2cnc(N)c(C(=O)N[C@H]3CCN(C(C)(C)C)C3)n2)c1)c1ccccc1. The van der Waals surface area contributed by atoms with Gasteiger partial charge in [-0.05, 0) is 51.8 Å². The summed E-state index contributed by atoms with van der Waals surface area (Å²) in [4.78, 5) is 37.0. The van der Waals surface area contributed by atoms with Gasteiger partial charge in [-0.3, -0.25) is 14.5 Å². The van der Waals surface area contributed by atoms with Crippen LogP contribution >= 0.6 is 0 Å². The standard InChI is InChI=1S/C28H34N6O2/c1-18(19-9-6-5-7-10-19)31-26(35)21-12-8-11-20(15-21)23-16-30-25(29)24(33-23)27(36)32-22-13-14-34(17-22)28(2,3)4/h5-12,15-16,18,22H,13-14,17H2,1-4H3,(H2,29,30)(H,31,35)(H,32,36)/t18-,22-/m0/s1. The zero-order valence-corrected chi connectivity index (χ0v) is 21.3. The van der Waals surface area contributed by atoms with Crippen LogP contribution in [0.25, 0.3) is 11.3 Å². The van der Waals surface area contributed by atoms with E-state index in [1.165, 1.54) is 6.20 Å². The number of nitrogen functional groups attached to an aromatic ring is 1. The monoisotopic (exact) mass is 486 g/mol. The highest BCUT2D eigenvalue weighted by Gasteiger charge is 2.31. The fourth-order valence-electron chi connectivity index (χ4n) is 4.37. The third kappa shape index (κ3) is 5.88. The van der Waals surface area contributed by atoms with Crippen LogP contribution in [0.2, 0.25) is 0 Å². The van der Waals surface area contributed by atoms with Gasteiger partial charge in [0.1, 0.15) is 0 Å². The molecule has 1 aliphatic heterocycles. The summed E-state index contributed by atoms with van der Waals surface area (Å²) in [5.41, 5.74) is 8.83. The van der Waals surface area contributed by atoms with E-state index < -0.39 is 0 Å². The van der Waals surface area contributed by atoms with Crippen LogP contribution in [0.15, 0.2) is 60.8 Å². The van der Waals surface area contributed by atoms with Gasteiger partial charge < -0.3 is 16.4 Å². The van der Waals surface area contributed by atoms with Gasteiger partial charge in [0.15, 0.2) is 11.5 Å². The molecular weight excluding hydrogens is 452 g/mol. The number of hydrogen-bond acceptors (Lipinski definition) is 6. The minimum Gasteiger partial charge on any atom is -0.382 e. The molecule has 0 spiro atoms. The molecule has 4 rings (SSSR count). The Morgan fingerprint density at radius 2 is 1.83 bits per heavy atom. The molecule has 0 aliphatic carbocycles. The van der Waals surface area contributed by atoms with Gasteiger partial charge in [-0.2, -0.15) is 0 Å². The van der Waals surface area contributed by atoms with E-state index in [4.69, 9.17) is 5.73 Å². The fraction of sp³-hybridized carbons (Fsp3) is 0.357. The summed E-state index contributed by atoms with van der Waals surface area (Å²) in [6.07, 6.45) is 2.39. The Morgan fingerprint density at radius 3 is 2.53 bits per heavy atom. The lowest BCUT2D eigenvalue weighted by Crippen LogP contribution is -2.43. The van der Waals surface area contributed by atoms with Crippen LogP contribution in [0.5, 0.6) is 0 Å². The molecule has 188 valence electrons. The van der Waals surface area contributed by atoms with E-state index in [1.807, 2.05) is 43.3 Å². The van der Waals surface area contributed by atoms with Gasteiger partial charge in [0.05, 0.1) is 17.9 Å². The molecule has 1 saturated heterocycles. The predicted molar refractivity (Wildman–Crippen MR) is 141 cm³/mol. The third-order valence-electron chi connectivity index (χ3n) is 6.56. The first-order valence-corrected chi connectivity index (χ1v) is 12.3. The summed E-state index contributed by atoms with van der Waals surface area (Å²) in [5, 5.41) is 6.08. The second-order valence-electron chi connectivity index (χ2n) is 10.3. The van der Waals surface area contributed by atoms with E-state index in [0.717, 1.165) is 25.1 Å². The number of hydrogen-bond donors (Lipinski definition) is 3. The van der Waals surface area contributed by atoms with Crippen molar-refractivity contribution in [2.45, 2.75) is 51.7 Å². The zero-order valence-electron chi connectivity index (χ0n) is 21.3. The van der Waals surface area contributed by atoms with Crippen molar-refractivity contribution in [3.05, 3.63) is 77.6 Å². The third-order valence-corrected chi connectivity index (χ3v) is 6.56. The number of carbonyl (C=O) groups is 2. The average molecular weight is 487 g/mol. The number of anilines is 1. The number of carbonyl (C=O) groups excluding carboxylic acids is 2. The maximum atomic E-state index is 13.0. The van der Waals surface area contributed by atoms with Crippen molar-refractivity contribution in [2.75, 3.05) is 18.8 Å². The van der Waals surface area contributed by atoms with Gasteiger partial charge in [-0.15, -0.1) is 0 Å². The van der Waals surface area contributed by atoms with Crippen molar-refractivity contribution in [1.82, 2.24) is 25.5 Å². The van der Waals surface area contributed by atoms with Crippen molar-refractivity contribution in [2.24, 2.45) is 0 Å². The van der Waals surface area contributed by atoms with E-state index in [0.29, 0.717) is 16.8 Å². The Balaban J connectivity index is 1.48. The topological polar surface area (TPSA) is 113 Å². The number of likely N-dealkylation sites (tertiary alicyclic amines) is 1. The second kappa shape index (κ2) is 10.5. The van der Waals surface area contributed by atoms with Crippen molar-refractivity contribution < 1.29 is 9.59 Å². The van der Waals surface area contributed by atoms with Gasteiger partial charge >= 0.3 is 0 Å². The number of aromatic nitrogens is 2. The largest absolute Gasteiger partial charge is 0.382 e. The molecule has 2 heterocycles. The van der Waals surface area contributed by atoms with E-state index in [9.17, 15) is 9.59 Å². The molecule has 1 aliphatic rings. The highest BCUT2D eigenvalue weighted by molar-refractivity contribution is 5.97. The number of amides is 2. The van der Waals surface area contributed by atoms with Crippen molar-refractivity contribution in [3.63, 3.8) is 0 Å². The zero-order chi connectivity index (χ0) is 25.9.